The van der Waals surface area contributed by atoms with Crippen LogP contribution < -0.4 is 5.73 Å². The number of nitrogens with two attached hydrogens (primary N) is 1. The molecule has 0 aliphatic heterocycles. The van der Waals surface area contributed by atoms with E-state index in [9.17, 15) is 9.18 Å². The van der Waals surface area contributed by atoms with Gasteiger partial charge in [-0.15, -0.1) is 0 Å². The summed E-state index contributed by atoms with van der Waals surface area (Å²) in [6.45, 7) is 4.00. The molecule has 3 nitrogen and oxygen atoms in total. The molecule has 0 fully saturated rings. The van der Waals surface area contributed by atoms with Crippen molar-refractivity contribution < 1.29 is 9.18 Å². The lowest BCUT2D eigenvalue weighted by molar-refractivity contribution is 0.0996. The van der Waals surface area contributed by atoms with E-state index in [0.717, 1.165) is 0 Å². The van der Waals surface area contributed by atoms with Gasteiger partial charge in [0.25, 0.3) is 5.91 Å². The number of hydrogen-bond acceptors (Lipinski definition) is 1. The van der Waals surface area contributed by atoms with Gasteiger partial charge in [-0.05, 0) is 18.2 Å². The Labute approximate surface area is 97.4 Å². The molecule has 0 bridgehead atoms. The number of hydrogen-bond donors (Lipinski definition) is 2. The molecular formula is C11H12ClFN2O. The van der Waals surface area contributed by atoms with Crippen LogP contribution in [0.4, 0.5) is 4.39 Å². The van der Waals surface area contributed by atoms with Crippen LogP contribution in [0.5, 0.6) is 0 Å². The Hall–Kier alpha value is -1.55. The number of fused-ring (bicyclic) bond motifs is 1. The zero-order valence-electron chi connectivity index (χ0n) is 8.97. The van der Waals surface area contributed by atoms with Gasteiger partial charge in [0.15, 0.2) is 5.82 Å². The quantitative estimate of drug-likeness (QED) is 0.793. The average molecular weight is 243 g/mol. The molecule has 2 aromatic rings. The molecular weight excluding hydrogens is 231 g/mol. The second-order valence-electron chi connectivity index (χ2n) is 2.87. The molecule has 0 aliphatic carbocycles. The second kappa shape index (κ2) is 4.99. The molecule has 5 heteroatoms. The Morgan fingerprint density at radius 2 is 2.06 bits per heavy atom. The van der Waals surface area contributed by atoms with Crippen molar-refractivity contribution in [3.63, 3.8) is 0 Å². The van der Waals surface area contributed by atoms with E-state index in [1.165, 1.54) is 12.1 Å². The van der Waals surface area contributed by atoms with Crippen LogP contribution in [0.15, 0.2) is 18.2 Å². The Kier molecular flexibility index (Phi) is 3.90. The molecule has 3 N–H and O–H groups in total. The summed E-state index contributed by atoms with van der Waals surface area (Å²) in [5.41, 5.74) is 5.71. The maximum atomic E-state index is 13.4. The molecule has 0 spiro atoms. The first-order valence-electron chi connectivity index (χ1n) is 4.86. The molecule has 16 heavy (non-hydrogen) atoms. The van der Waals surface area contributed by atoms with Crippen LogP contribution in [0.2, 0.25) is 5.02 Å². The zero-order valence-corrected chi connectivity index (χ0v) is 9.73. The van der Waals surface area contributed by atoms with E-state index < -0.39 is 11.7 Å². The van der Waals surface area contributed by atoms with Crippen molar-refractivity contribution in [1.29, 1.82) is 0 Å². The Morgan fingerprint density at radius 1 is 1.44 bits per heavy atom. The van der Waals surface area contributed by atoms with Gasteiger partial charge in [0.05, 0.1) is 5.02 Å². The van der Waals surface area contributed by atoms with Gasteiger partial charge in [0, 0.05) is 10.9 Å². The Morgan fingerprint density at radius 3 is 2.62 bits per heavy atom. The monoisotopic (exact) mass is 242 g/mol. The van der Waals surface area contributed by atoms with Crippen molar-refractivity contribution in [3.05, 3.63) is 34.7 Å². The van der Waals surface area contributed by atoms with Gasteiger partial charge in [0.2, 0.25) is 0 Å². The summed E-state index contributed by atoms with van der Waals surface area (Å²) in [6.07, 6.45) is 0. The van der Waals surface area contributed by atoms with Crippen molar-refractivity contribution >= 4 is 28.4 Å². The van der Waals surface area contributed by atoms with Crippen LogP contribution in [0.25, 0.3) is 10.9 Å². The number of nitrogens with one attached hydrogen (secondary N) is 1. The molecule has 0 saturated carbocycles. The molecule has 86 valence electrons. The summed E-state index contributed by atoms with van der Waals surface area (Å²) in [6, 6.07) is 4.35. The zero-order chi connectivity index (χ0) is 12.3. The highest BCUT2D eigenvalue weighted by Crippen LogP contribution is 2.24. The fraction of sp³-hybridized carbons (Fsp3) is 0.182. The summed E-state index contributed by atoms with van der Waals surface area (Å²) < 4.78 is 13.4. The molecule has 0 atom stereocenters. The van der Waals surface area contributed by atoms with Gasteiger partial charge >= 0.3 is 0 Å². The van der Waals surface area contributed by atoms with Crippen LogP contribution >= 0.6 is 11.6 Å². The van der Waals surface area contributed by atoms with E-state index in [4.69, 9.17) is 17.3 Å². The fourth-order valence-corrected chi connectivity index (χ4v) is 1.44. The molecule has 0 saturated heterocycles. The van der Waals surface area contributed by atoms with E-state index in [1.54, 1.807) is 6.07 Å². The number of carbonyl (C=O) groups excluding carboxylic acids is 1. The summed E-state index contributed by atoms with van der Waals surface area (Å²) in [5, 5.41) is 0.291. The number of primary amides is 1. The maximum absolute atomic E-state index is 13.4. The van der Waals surface area contributed by atoms with Gasteiger partial charge in [-0.25, -0.2) is 4.39 Å². The van der Waals surface area contributed by atoms with E-state index in [1.807, 2.05) is 13.8 Å². The third-order valence-corrected chi connectivity index (χ3v) is 2.25. The molecule has 2 rings (SSSR count). The van der Waals surface area contributed by atoms with E-state index in [-0.39, 0.29) is 16.1 Å². The van der Waals surface area contributed by atoms with E-state index >= 15 is 0 Å². The predicted molar refractivity (Wildman–Crippen MR) is 63.1 cm³/mol. The van der Waals surface area contributed by atoms with E-state index in [0.29, 0.717) is 5.52 Å². The number of rotatable bonds is 1. The first kappa shape index (κ1) is 12.5. The lowest BCUT2D eigenvalue weighted by Gasteiger charge is -1.93. The van der Waals surface area contributed by atoms with Gasteiger partial charge < -0.3 is 10.7 Å². The van der Waals surface area contributed by atoms with Crippen LogP contribution in [0, 0.1) is 5.82 Å². The largest absolute Gasteiger partial charge is 0.364 e. The number of amides is 1. The molecule has 1 amide bonds. The normalized spacial score (nSPS) is 9.75. The van der Waals surface area contributed by atoms with Gasteiger partial charge in [-0.2, -0.15) is 0 Å². The number of carbonyl (C=O) groups is 1. The number of H-pyrrole nitrogens is 1. The first-order valence-corrected chi connectivity index (χ1v) is 5.24. The highest BCUT2D eigenvalue weighted by atomic mass is 35.5. The van der Waals surface area contributed by atoms with Crippen molar-refractivity contribution in [2.75, 3.05) is 0 Å². The predicted octanol–water partition coefficient (Wildman–Crippen LogP) is 3.09. The van der Waals surface area contributed by atoms with Crippen molar-refractivity contribution in [2.45, 2.75) is 13.8 Å². The molecule has 0 radical (unpaired) electrons. The van der Waals surface area contributed by atoms with Crippen molar-refractivity contribution in [2.24, 2.45) is 5.73 Å². The van der Waals surface area contributed by atoms with E-state index in [2.05, 4.69) is 4.98 Å². The Bertz CT molecular complexity index is 522. The van der Waals surface area contributed by atoms with Crippen molar-refractivity contribution in [3.8, 4) is 0 Å². The number of benzene rings is 1. The molecule has 1 aromatic carbocycles. The van der Waals surface area contributed by atoms with Crippen molar-refractivity contribution in [1.82, 2.24) is 4.98 Å². The minimum absolute atomic E-state index is 0.0209. The Balaban J connectivity index is 0.000000606. The molecule has 1 aromatic heterocycles. The highest BCUT2D eigenvalue weighted by Gasteiger charge is 2.11. The molecule has 1 heterocycles. The van der Waals surface area contributed by atoms with Crippen LogP contribution in [-0.4, -0.2) is 10.9 Å². The minimum atomic E-state index is -0.628. The van der Waals surface area contributed by atoms with Gasteiger partial charge in [0.1, 0.15) is 5.69 Å². The average Bonchev–Trinajstić information content (AvgIpc) is 2.71. The third-order valence-electron chi connectivity index (χ3n) is 1.96. The van der Waals surface area contributed by atoms with Gasteiger partial charge in [-0.1, -0.05) is 25.4 Å². The fourth-order valence-electron chi connectivity index (χ4n) is 1.27. The summed E-state index contributed by atoms with van der Waals surface area (Å²) in [7, 11) is 0. The third kappa shape index (κ3) is 2.17. The topological polar surface area (TPSA) is 58.9 Å². The second-order valence-corrected chi connectivity index (χ2v) is 3.28. The maximum Gasteiger partial charge on any atom is 0.265 e. The molecule has 0 unspecified atom stereocenters. The summed E-state index contributed by atoms with van der Waals surface area (Å²) in [4.78, 5) is 13.5. The van der Waals surface area contributed by atoms with Crippen LogP contribution in [-0.2, 0) is 0 Å². The van der Waals surface area contributed by atoms with Gasteiger partial charge in [-0.3, -0.25) is 4.79 Å². The highest BCUT2D eigenvalue weighted by molar-refractivity contribution is 6.31. The number of halogens is 2. The van der Waals surface area contributed by atoms with Crippen LogP contribution in [0.3, 0.4) is 0 Å². The lowest BCUT2D eigenvalue weighted by Crippen LogP contribution is -2.10. The van der Waals surface area contributed by atoms with Crippen LogP contribution in [0.1, 0.15) is 24.3 Å². The summed E-state index contributed by atoms with van der Waals surface area (Å²) in [5.74, 6) is -1.18. The summed E-state index contributed by atoms with van der Waals surface area (Å²) >= 11 is 5.57. The number of aromatic amines is 1. The molecule has 0 aliphatic rings. The standard InChI is InChI=1S/C9H6ClFN2O.C2H6/c10-5-1-2-6-4(8(5)11)3-7(13-6)9(12)14;1-2/h1-3,13H,(H2,12,14);1-2H3. The lowest BCUT2D eigenvalue weighted by atomic mass is 10.2. The number of aromatic nitrogens is 1. The SMILES string of the molecule is CC.NC(=O)c1cc2c(F)c(Cl)ccc2[nH]1. The minimum Gasteiger partial charge on any atom is -0.364 e. The first-order chi connectivity index (χ1) is 7.59. The smallest absolute Gasteiger partial charge is 0.265 e.